The fourth-order valence-electron chi connectivity index (χ4n) is 3.41. The van der Waals surface area contributed by atoms with Crippen molar-refractivity contribution in [3.05, 3.63) is 23.5 Å². The first-order valence-corrected chi connectivity index (χ1v) is 10.1. The second kappa shape index (κ2) is 6.78. The Morgan fingerprint density at radius 2 is 1.85 bits per heavy atom. The van der Waals surface area contributed by atoms with Crippen molar-refractivity contribution in [3.63, 3.8) is 0 Å². The van der Waals surface area contributed by atoms with Crippen LogP contribution in [0.4, 0.5) is 8.78 Å². The van der Waals surface area contributed by atoms with Gasteiger partial charge in [-0.1, -0.05) is 6.92 Å². The van der Waals surface area contributed by atoms with Gasteiger partial charge in [0.25, 0.3) is 5.92 Å². The molecule has 0 spiro atoms. The Kier molecular flexibility index (Phi) is 5.11. The number of aryl methyl sites for hydroxylation is 1. The van der Waals surface area contributed by atoms with Gasteiger partial charge in [-0.05, 0) is 19.1 Å². The Bertz CT molecular complexity index is 768. The summed E-state index contributed by atoms with van der Waals surface area (Å²) in [7, 11) is -3.74. The van der Waals surface area contributed by atoms with Gasteiger partial charge in [0.05, 0.1) is 18.9 Å². The molecule has 6 nitrogen and oxygen atoms in total. The van der Waals surface area contributed by atoms with E-state index < -0.39 is 21.6 Å². The summed E-state index contributed by atoms with van der Waals surface area (Å²) in [6, 6.07) is 2.33. The summed E-state index contributed by atoms with van der Waals surface area (Å²) in [5.41, 5.74) is -0.164. The Balaban J connectivity index is 1.69. The van der Waals surface area contributed by atoms with Crippen molar-refractivity contribution in [1.29, 1.82) is 0 Å². The van der Waals surface area contributed by atoms with Crippen molar-refractivity contribution in [2.24, 2.45) is 5.41 Å². The molecule has 0 N–H and O–H groups in total. The molecule has 0 unspecified atom stereocenters. The van der Waals surface area contributed by atoms with Crippen LogP contribution in [-0.2, 0) is 20.7 Å². The van der Waals surface area contributed by atoms with Crippen LogP contribution in [-0.4, -0.2) is 68.5 Å². The lowest BCUT2D eigenvalue weighted by Gasteiger charge is -2.44. The molecule has 0 saturated carbocycles. The molecule has 3 rings (SSSR count). The van der Waals surface area contributed by atoms with Crippen LogP contribution in [0.3, 0.4) is 0 Å². The number of halogens is 2. The second-order valence-electron chi connectivity index (χ2n) is 7.65. The average Bonchev–Trinajstić information content (AvgIpc) is 2.52. The van der Waals surface area contributed by atoms with Crippen LogP contribution in [0.5, 0.6) is 0 Å². The largest absolute Gasteiger partial charge is 0.380 e. The van der Waals surface area contributed by atoms with Crippen LogP contribution < -0.4 is 0 Å². The topological polar surface area (TPSA) is 62.7 Å². The van der Waals surface area contributed by atoms with Gasteiger partial charge in [-0.15, -0.1) is 0 Å². The second-order valence-corrected chi connectivity index (χ2v) is 9.56. The zero-order valence-electron chi connectivity index (χ0n) is 15.3. The van der Waals surface area contributed by atoms with Crippen LogP contribution in [0.25, 0.3) is 0 Å². The Morgan fingerprint density at radius 1 is 1.23 bits per heavy atom. The highest BCUT2D eigenvalue weighted by Crippen LogP contribution is 2.30. The van der Waals surface area contributed by atoms with Crippen molar-refractivity contribution in [1.82, 2.24) is 14.2 Å². The van der Waals surface area contributed by atoms with Crippen molar-refractivity contribution in [2.45, 2.75) is 31.6 Å². The number of ether oxygens (including phenoxy) is 1. The summed E-state index contributed by atoms with van der Waals surface area (Å²) in [5, 5.41) is 0. The van der Waals surface area contributed by atoms with Crippen molar-refractivity contribution < 1.29 is 21.9 Å². The van der Waals surface area contributed by atoms with E-state index in [1.807, 2.05) is 0 Å². The van der Waals surface area contributed by atoms with E-state index in [1.165, 1.54) is 17.3 Å². The number of pyridine rings is 1. The number of piperazine rings is 1. The summed E-state index contributed by atoms with van der Waals surface area (Å²) in [5.74, 6) is -3.10. The first-order chi connectivity index (χ1) is 12.0. The predicted octanol–water partition coefficient (Wildman–Crippen LogP) is 1.84. The predicted molar refractivity (Wildman–Crippen MR) is 92.7 cm³/mol. The van der Waals surface area contributed by atoms with E-state index >= 15 is 0 Å². The molecule has 2 aliphatic heterocycles. The zero-order valence-corrected chi connectivity index (χ0v) is 16.2. The molecule has 9 heteroatoms. The van der Waals surface area contributed by atoms with Crippen molar-refractivity contribution in [3.8, 4) is 0 Å². The Morgan fingerprint density at radius 3 is 2.31 bits per heavy atom. The van der Waals surface area contributed by atoms with Gasteiger partial charge in [0.1, 0.15) is 10.6 Å². The van der Waals surface area contributed by atoms with Gasteiger partial charge in [0.2, 0.25) is 10.0 Å². The maximum atomic E-state index is 13.4. The lowest BCUT2D eigenvalue weighted by Crippen LogP contribution is -2.55. The van der Waals surface area contributed by atoms with Crippen LogP contribution in [0.1, 0.15) is 25.2 Å². The van der Waals surface area contributed by atoms with Gasteiger partial charge in [0, 0.05) is 45.1 Å². The molecule has 146 valence electrons. The summed E-state index contributed by atoms with van der Waals surface area (Å²) in [6.45, 7) is 8.79. The molecular formula is C17H25F2N3O3S. The fourth-order valence-corrected chi connectivity index (χ4v) is 5.00. The van der Waals surface area contributed by atoms with E-state index in [-0.39, 0.29) is 16.0 Å². The molecule has 0 aromatic carbocycles. The molecule has 2 saturated heterocycles. The van der Waals surface area contributed by atoms with Crippen LogP contribution in [0, 0.1) is 12.3 Å². The molecule has 0 atom stereocenters. The molecule has 1 aromatic heterocycles. The van der Waals surface area contributed by atoms with Gasteiger partial charge in [-0.25, -0.2) is 8.42 Å². The summed E-state index contributed by atoms with van der Waals surface area (Å²) >= 11 is 0. The van der Waals surface area contributed by atoms with Gasteiger partial charge in [-0.2, -0.15) is 13.1 Å². The van der Waals surface area contributed by atoms with Crippen molar-refractivity contribution in [2.75, 3.05) is 45.9 Å². The third kappa shape index (κ3) is 3.90. The van der Waals surface area contributed by atoms with Gasteiger partial charge in [0.15, 0.2) is 0 Å². The third-order valence-corrected chi connectivity index (χ3v) is 6.97. The summed E-state index contributed by atoms with van der Waals surface area (Å²) in [4.78, 5) is 6.06. The van der Waals surface area contributed by atoms with Crippen LogP contribution in [0.2, 0.25) is 0 Å². The molecule has 2 aliphatic rings. The first kappa shape index (κ1) is 19.6. The first-order valence-electron chi connectivity index (χ1n) is 8.68. The van der Waals surface area contributed by atoms with Gasteiger partial charge in [-0.3, -0.25) is 9.88 Å². The molecule has 2 fully saturated rings. The molecule has 0 bridgehead atoms. The number of alkyl halides is 2. The zero-order chi connectivity index (χ0) is 19.2. The number of aromatic nitrogens is 1. The SMILES string of the molecule is Cc1nc(C(C)(F)F)ccc1S(=O)(=O)N1CCN(CC2(C)COC2)CC1. The average molecular weight is 389 g/mol. The number of rotatable bonds is 5. The fraction of sp³-hybridized carbons (Fsp3) is 0.706. The maximum absolute atomic E-state index is 13.4. The molecule has 0 aliphatic carbocycles. The molecule has 0 radical (unpaired) electrons. The van der Waals surface area contributed by atoms with E-state index in [2.05, 4.69) is 16.8 Å². The quantitative estimate of drug-likeness (QED) is 0.769. The number of hydrogen-bond donors (Lipinski definition) is 0. The minimum Gasteiger partial charge on any atom is -0.380 e. The van der Waals surface area contributed by atoms with Crippen molar-refractivity contribution >= 4 is 10.0 Å². The Labute approximate surface area is 153 Å². The summed E-state index contributed by atoms with van der Waals surface area (Å²) in [6.07, 6.45) is 0. The molecule has 0 amide bonds. The van der Waals surface area contributed by atoms with Crippen LogP contribution >= 0.6 is 0 Å². The number of sulfonamides is 1. The minimum absolute atomic E-state index is 0.00157. The van der Waals surface area contributed by atoms with E-state index in [9.17, 15) is 17.2 Å². The molecule has 26 heavy (non-hydrogen) atoms. The highest BCUT2D eigenvalue weighted by atomic mass is 32.2. The lowest BCUT2D eigenvalue weighted by atomic mass is 9.88. The Hall–Kier alpha value is -1.16. The van der Waals surface area contributed by atoms with Gasteiger partial charge < -0.3 is 4.74 Å². The lowest BCUT2D eigenvalue weighted by molar-refractivity contribution is -0.116. The minimum atomic E-state index is -3.74. The number of hydrogen-bond acceptors (Lipinski definition) is 5. The maximum Gasteiger partial charge on any atom is 0.286 e. The summed E-state index contributed by atoms with van der Waals surface area (Å²) < 4.78 is 59.2. The molecule has 3 heterocycles. The molecular weight excluding hydrogens is 364 g/mol. The van der Waals surface area contributed by atoms with Crippen LogP contribution in [0.15, 0.2) is 17.0 Å². The van der Waals surface area contributed by atoms with E-state index in [0.717, 1.165) is 32.7 Å². The number of nitrogens with zero attached hydrogens (tertiary/aromatic N) is 3. The molecule has 1 aromatic rings. The van der Waals surface area contributed by atoms with Gasteiger partial charge >= 0.3 is 0 Å². The van der Waals surface area contributed by atoms with E-state index in [0.29, 0.717) is 26.2 Å². The highest BCUT2D eigenvalue weighted by Gasteiger charge is 2.37. The van der Waals surface area contributed by atoms with E-state index in [4.69, 9.17) is 4.74 Å². The highest BCUT2D eigenvalue weighted by molar-refractivity contribution is 7.89. The normalized spacial score (nSPS) is 22.2. The van der Waals surface area contributed by atoms with E-state index in [1.54, 1.807) is 0 Å². The monoisotopic (exact) mass is 389 g/mol. The smallest absolute Gasteiger partial charge is 0.286 e. The third-order valence-electron chi connectivity index (χ3n) is 4.94. The standard InChI is InChI=1S/C17H25F2N3O3S/c1-13-14(4-5-15(20-13)17(3,18)19)26(23,24)22-8-6-21(7-9-22)10-16(2)11-25-12-16/h4-5H,6-12H2,1-3H3.